The van der Waals surface area contributed by atoms with E-state index in [2.05, 4.69) is 40.2 Å². The van der Waals surface area contributed by atoms with E-state index in [0.29, 0.717) is 5.84 Å². The van der Waals surface area contributed by atoms with E-state index in [9.17, 15) is 0 Å². The molecular weight excluding hydrogens is 308 g/mol. The number of benzene rings is 1. The first-order chi connectivity index (χ1) is 8.42. The fourth-order valence-corrected chi connectivity index (χ4v) is 2.70. The topological polar surface area (TPSA) is 49.9 Å². The molecule has 0 saturated carbocycles. The summed E-state index contributed by atoms with van der Waals surface area (Å²) in [6.07, 6.45) is 3.27. The first kappa shape index (κ1) is 15.6. The maximum absolute atomic E-state index is 7.50. The van der Waals surface area contributed by atoms with E-state index in [4.69, 9.17) is 11.1 Å². The molecule has 2 nitrogen and oxygen atoms in total. The molecule has 1 aromatic carbocycles. The Kier molecular flexibility index (Phi) is 6.22. The van der Waals surface area contributed by atoms with Crippen molar-refractivity contribution in [2.45, 2.75) is 38.0 Å². The van der Waals surface area contributed by atoms with Crippen molar-refractivity contribution < 1.29 is 0 Å². The zero-order valence-electron chi connectivity index (χ0n) is 11.0. The number of thioether (sulfide) groups is 1. The van der Waals surface area contributed by atoms with Gasteiger partial charge in [-0.1, -0.05) is 36.2 Å². The number of halogens is 1. The van der Waals surface area contributed by atoms with Crippen molar-refractivity contribution in [3.63, 3.8) is 0 Å². The van der Waals surface area contributed by atoms with Crippen molar-refractivity contribution in [2.24, 2.45) is 11.1 Å². The van der Waals surface area contributed by atoms with E-state index in [1.165, 1.54) is 4.90 Å². The first-order valence-electron chi connectivity index (χ1n) is 6.15. The van der Waals surface area contributed by atoms with Crippen LogP contribution >= 0.6 is 27.7 Å². The summed E-state index contributed by atoms with van der Waals surface area (Å²) in [5.41, 5.74) is 5.41. The third-order valence-electron chi connectivity index (χ3n) is 3.01. The molecule has 0 unspecified atom stereocenters. The molecule has 0 heterocycles. The second-order valence-electron chi connectivity index (χ2n) is 5.06. The van der Waals surface area contributed by atoms with Crippen LogP contribution in [0.4, 0.5) is 0 Å². The van der Waals surface area contributed by atoms with Gasteiger partial charge in [-0.05, 0) is 42.9 Å². The monoisotopic (exact) mass is 328 g/mol. The van der Waals surface area contributed by atoms with Crippen molar-refractivity contribution in [2.75, 3.05) is 5.75 Å². The number of nitrogens with one attached hydrogen (secondary N) is 1. The Balaban J connectivity index is 2.20. The van der Waals surface area contributed by atoms with Gasteiger partial charge in [-0.25, -0.2) is 0 Å². The second-order valence-corrected chi connectivity index (χ2v) is 7.14. The van der Waals surface area contributed by atoms with Crippen molar-refractivity contribution >= 4 is 33.5 Å². The molecular formula is C14H21BrN2S. The molecule has 0 amide bonds. The Morgan fingerprint density at radius 3 is 2.44 bits per heavy atom. The van der Waals surface area contributed by atoms with E-state index in [1.807, 2.05) is 25.6 Å². The quantitative estimate of drug-likeness (QED) is 0.330. The molecule has 3 N–H and O–H groups in total. The van der Waals surface area contributed by atoms with Crippen LogP contribution in [0.15, 0.2) is 33.6 Å². The molecule has 100 valence electrons. The first-order valence-corrected chi connectivity index (χ1v) is 7.92. The molecule has 0 atom stereocenters. The van der Waals surface area contributed by atoms with Gasteiger partial charge in [0.25, 0.3) is 0 Å². The summed E-state index contributed by atoms with van der Waals surface area (Å²) in [7, 11) is 0. The minimum Gasteiger partial charge on any atom is -0.387 e. The van der Waals surface area contributed by atoms with Crippen molar-refractivity contribution in [1.82, 2.24) is 0 Å². The summed E-state index contributed by atoms with van der Waals surface area (Å²) in [6.45, 7) is 4.08. The van der Waals surface area contributed by atoms with Crippen molar-refractivity contribution in [1.29, 1.82) is 5.41 Å². The minimum atomic E-state index is -0.151. The van der Waals surface area contributed by atoms with Crippen LogP contribution in [0.1, 0.15) is 33.1 Å². The summed E-state index contributed by atoms with van der Waals surface area (Å²) in [5, 5.41) is 7.50. The van der Waals surface area contributed by atoms with Crippen LogP contribution in [-0.2, 0) is 0 Å². The predicted molar refractivity (Wildman–Crippen MR) is 84.4 cm³/mol. The fraction of sp³-hybridized carbons (Fsp3) is 0.500. The van der Waals surface area contributed by atoms with Crippen molar-refractivity contribution in [3.8, 4) is 0 Å². The molecule has 0 bridgehead atoms. The lowest BCUT2D eigenvalue weighted by molar-refractivity contribution is 0.448. The zero-order chi connectivity index (χ0) is 13.6. The molecule has 0 fully saturated rings. The molecule has 0 saturated heterocycles. The third-order valence-corrected chi connectivity index (χ3v) is 4.63. The maximum Gasteiger partial charge on any atom is 0.0963 e. The summed E-state index contributed by atoms with van der Waals surface area (Å²) in [4.78, 5) is 1.31. The van der Waals surface area contributed by atoms with Gasteiger partial charge >= 0.3 is 0 Å². The fourth-order valence-electron chi connectivity index (χ4n) is 1.52. The minimum absolute atomic E-state index is 0.151. The molecule has 4 heteroatoms. The number of nitrogens with two attached hydrogens (primary N) is 1. The molecule has 0 spiro atoms. The van der Waals surface area contributed by atoms with Crippen LogP contribution in [0, 0.1) is 10.8 Å². The molecule has 0 aliphatic carbocycles. The molecule has 0 aromatic heterocycles. The van der Waals surface area contributed by atoms with Crippen LogP contribution in [0.5, 0.6) is 0 Å². The Bertz CT molecular complexity index is 387. The van der Waals surface area contributed by atoms with Gasteiger partial charge in [0.2, 0.25) is 0 Å². The van der Waals surface area contributed by atoms with E-state index < -0.39 is 0 Å². The number of hydrogen-bond acceptors (Lipinski definition) is 2. The number of amidine groups is 1. The lowest BCUT2D eigenvalue weighted by Gasteiger charge is -2.22. The average Bonchev–Trinajstić information content (AvgIpc) is 2.31. The number of unbranched alkanes of at least 4 members (excludes halogenated alkanes) is 1. The Morgan fingerprint density at radius 1 is 1.28 bits per heavy atom. The van der Waals surface area contributed by atoms with Gasteiger partial charge in [0.05, 0.1) is 5.84 Å². The smallest absolute Gasteiger partial charge is 0.0963 e. The van der Waals surface area contributed by atoms with Gasteiger partial charge < -0.3 is 5.73 Å². The molecule has 0 aliphatic rings. The van der Waals surface area contributed by atoms with Gasteiger partial charge in [-0.3, -0.25) is 5.41 Å². The Morgan fingerprint density at radius 2 is 1.89 bits per heavy atom. The molecule has 1 rings (SSSR count). The average molecular weight is 329 g/mol. The summed E-state index contributed by atoms with van der Waals surface area (Å²) in [5.74, 6) is 1.42. The van der Waals surface area contributed by atoms with Crippen LogP contribution < -0.4 is 5.73 Å². The highest BCUT2D eigenvalue weighted by molar-refractivity contribution is 9.10. The molecule has 0 aliphatic heterocycles. The standard InChI is InChI=1S/C14H21BrN2S/c1-14(2,13(16)17)9-3-4-10-18-12-7-5-11(15)6-8-12/h5-8H,3-4,9-10H2,1-2H3,(H3,16,17). The lowest BCUT2D eigenvalue weighted by Crippen LogP contribution is -2.30. The summed E-state index contributed by atoms with van der Waals surface area (Å²) < 4.78 is 1.12. The van der Waals surface area contributed by atoms with Gasteiger partial charge in [-0.15, -0.1) is 11.8 Å². The second kappa shape index (κ2) is 7.19. The zero-order valence-corrected chi connectivity index (χ0v) is 13.4. The molecule has 0 radical (unpaired) electrons. The maximum atomic E-state index is 7.50. The molecule has 1 aromatic rings. The van der Waals surface area contributed by atoms with Crippen LogP contribution in [0.3, 0.4) is 0 Å². The third kappa shape index (κ3) is 5.44. The largest absolute Gasteiger partial charge is 0.387 e. The Labute approximate surface area is 122 Å². The lowest BCUT2D eigenvalue weighted by atomic mass is 9.86. The van der Waals surface area contributed by atoms with Crippen LogP contribution in [0.2, 0.25) is 0 Å². The van der Waals surface area contributed by atoms with Crippen molar-refractivity contribution in [3.05, 3.63) is 28.7 Å². The van der Waals surface area contributed by atoms with E-state index in [1.54, 1.807) is 0 Å². The predicted octanol–water partition coefficient (Wildman–Crippen LogP) is 4.67. The summed E-state index contributed by atoms with van der Waals surface area (Å²) in [6, 6.07) is 8.41. The highest BCUT2D eigenvalue weighted by Crippen LogP contribution is 2.25. The Hall–Kier alpha value is -0.480. The number of hydrogen-bond donors (Lipinski definition) is 2. The van der Waals surface area contributed by atoms with Crippen LogP contribution in [0.25, 0.3) is 0 Å². The summed E-state index contributed by atoms with van der Waals surface area (Å²) >= 11 is 5.31. The van der Waals surface area contributed by atoms with Gasteiger partial charge in [0, 0.05) is 14.8 Å². The van der Waals surface area contributed by atoms with Gasteiger partial charge in [-0.2, -0.15) is 0 Å². The highest BCUT2D eigenvalue weighted by atomic mass is 79.9. The highest BCUT2D eigenvalue weighted by Gasteiger charge is 2.20. The van der Waals surface area contributed by atoms with Gasteiger partial charge in [0.1, 0.15) is 0 Å². The van der Waals surface area contributed by atoms with Crippen LogP contribution in [-0.4, -0.2) is 11.6 Å². The van der Waals surface area contributed by atoms with Gasteiger partial charge in [0.15, 0.2) is 0 Å². The van der Waals surface area contributed by atoms with E-state index >= 15 is 0 Å². The normalized spacial score (nSPS) is 11.5. The van der Waals surface area contributed by atoms with E-state index in [0.717, 1.165) is 29.5 Å². The SMILES string of the molecule is CC(C)(CCCCSc1ccc(Br)cc1)C(=N)N. The molecule has 18 heavy (non-hydrogen) atoms. The number of rotatable bonds is 7. The van der Waals surface area contributed by atoms with E-state index in [-0.39, 0.29) is 5.41 Å².